The fourth-order valence-corrected chi connectivity index (χ4v) is 4.65. The molecule has 3 aromatic rings. The molecule has 158 valence electrons. The lowest BCUT2D eigenvalue weighted by Crippen LogP contribution is -2.37. The molecule has 30 heavy (non-hydrogen) atoms. The summed E-state index contributed by atoms with van der Waals surface area (Å²) < 4.78 is 33.0. The van der Waals surface area contributed by atoms with E-state index in [9.17, 15) is 8.42 Å². The molecule has 2 N–H and O–H groups in total. The predicted octanol–water partition coefficient (Wildman–Crippen LogP) is -0.0772. The zero-order chi connectivity index (χ0) is 20.9. The maximum absolute atomic E-state index is 12.0. The maximum atomic E-state index is 12.0. The van der Waals surface area contributed by atoms with Gasteiger partial charge >= 0.3 is 0 Å². The number of nitrogen functional groups attached to an aromatic ring is 1. The van der Waals surface area contributed by atoms with Gasteiger partial charge in [-0.05, 0) is 0 Å². The molecule has 2 aliphatic heterocycles. The van der Waals surface area contributed by atoms with Crippen molar-refractivity contribution < 1.29 is 13.2 Å². The van der Waals surface area contributed by atoms with Crippen LogP contribution >= 0.6 is 0 Å². The molecular formula is C18H22N8O3S. The third kappa shape index (κ3) is 3.36. The van der Waals surface area contributed by atoms with Crippen molar-refractivity contribution in [2.24, 2.45) is 0 Å². The van der Waals surface area contributed by atoms with Crippen LogP contribution in [0.2, 0.25) is 0 Å². The largest absolute Gasteiger partial charge is 0.378 e. The minimum absolute atomic E-state index is 0.203. The highest BCUT2D eigenvalue weighted by Gasteiger charge is 2.29. The summed E-state index contributed by atoms with van der Waals surface area (Å²) in [7, 11) is -3.28. The summed E-state index contributed by atoms with van der Waals surface area (Å²) in [6.45, 7) is 3.33. The van der Waals surface area contributed by atoms with Gasteiger partial charge in [0.25, 0.3) is 0 Å². The SMILES string of the molecule is CS(=O)(=O)N1CCc2c(nc3c(N4CCOCC4)nc(-c4cnc(N)nc4)cn23)C1. The number of nitrogens with two attached hydrogens (primary N) is 1. The summed E-state index contributed by atoms with van der Waals surface area (Å²) in [4.78, 5) is 20.0. The quantitative estimate of drug-likeness (QED) is 0.606. The highest BCUT2D eigenvalue weighted by atomic mass is 32.2. The number of hydrogen-bond acceptors (Lipinski definition) is 9. The van der Waals surface area contributed by atoms with E-state index >= 15 is 0 Å². The Morgan fingerprint density at radius 2 is 1.83 bits per heavy atom. The van der Waals surface area contributed by atoms with Crippen molar-refractivity contribution in [2.75, 3.05) is 49.7 Å². The minimum Gasteiger partial charge on any atom is -0.378 e. The number of morpholine rings is 1. The molecule has 0 aromatic carbocycles. The number of sulfonamides is 1. The Balaban J connectivity index is 1.67. The van der Waals surface area contributed by atoms with Crippen LogP contribution in [-0.2, 0) is 27.7 Å². The van der Waals surface area contributed by atoms with Crippen LogP contribution in [0.25, 0.3) is 16.9 Å². The first kappa shape index (κ1) is 19.2. The van der Waals surface area contributed by atoms with Gasteiger partial charge in [0.2, 0.25) is 16.0 Å². The lowest BCUT2D eigenvalue weighted by Gasteiger charge is -2.28. The van der Waals surface area contributed by atoms with Crippen molar-refractivity contribution in [3.63, 3.8) is 0 Å². The van der Waals surface area contributed by atoms with Crippen LogP contribution in [0.1, 0.15) is 11.4 Å². The number of ether oxygens (including phenoxy) is 1. The third-order valence-corrected chi connectivity index (χ3v) is 6.69. The average molecular weight is 430 g/mol. The molecule has 1 fully saturated rings. The molecule has 0 unspecified atom stereocenters. The van der Waals surface area contributed by atoms with Gasteiger partial charge in [-0.3, -0.25) is 4.40 Å². The van der Waals surface area contributed by atoms with Crippen LogP contribution in [0.3, 0.4) is 0 Å². The molecule has 1 saturated heterocycles. The second kappa shape index (κ2) is 7.15. The lowest BCUT2D eigenvalue weighted by atomic mass is 10.2. The minimum atomic E-state index is -3.28. The lowest BCUT2D eigenvalue weighted by molar-refractivity contribution is 0.122. The Kier molecular flexibility index (Phi) is 4.56. The zero-order valence-electron chi connectivity index (χ0n) is 16.5. The number of aromatic nitrogens is 5. The van der Waals surface area contributed by atoms with Crippen molar-refractivity contribution in [1.29, 1.82) is 0 Å². The number of nitrogens with zero attached hydrogens (tertiary/aromatic N) is 7. The summed E-state index contributed by atoms with van der Waals surface area (Å²) in [6.07, 6.45) is 7.01. The van der Waals surface area contributed by atoms with Crippen LogP contribution in [-0.4, -0.2) is 76.2 Å². The molecule has 5 rings (SSSR count). The third-order valence-electron chi connectivity index (χ3n) is 5.44. The van der Waals surface area contributed by atoms with E-state index in [1.54, 1.807) is 12.4 Å². The van der Waals surface area contributed by atoms with Crippen LogP contribution in [0.5, 0.6) is 0 Å². The molecule has 2 aliphatic rings. The molecule has 12 heteroatoms. The first-order valence-corrected chi connectivity index (χ1v) is 11.5. The first-order valence-electron chi connectivity index (χ1n) is 9.67. The van der Waals surface area contributed by atoms with Crippen molar-refractivity contribution in [2.45, 2.75) is 13.0 Å². The van der Waals surface area contributed by atoms with Crippen molar-refractivity contribution in [3.8, 4) is 11.3 Å². The fourth-order valence-electron chi connectivity index (χ4n) is 3.87. The Morgan fingerprint density at radius 1 is 1.10 bits per heavy atom. The molecular weight excluding hydrogens is 408 g/mol. The predicted molar refractivity (Wildman–Crippen MR) is 110 cm³/mol. The maximum Gasteiger partial charge on any atom is 0.219 e. The summed E-state index contributed by atoms with van der Waals surface area (Å²) in [5, 5.41) is 0. The standard InChI is InChI=1S/C18H22N8O3S/c1-30(27,28)25-3-2-15-14(10-25)23-17-16(24-4-6-29-7-5-24)22-13(11-26(15)17)12-8-20-18(19)21-9-12/h8-9,11H,2-7,10H2,1H3,(H2,19,20,21). The Hall–Kier alpha value is -2.83. The van der Waals surface area contributed by atoms with Crippen LogP contribution in [0.4, 0.5) is 11.8 Å². The van der Waals surface area contributed by atoms with Gasteiger partial charge in [-0.25, -0.2) is 28.4 Å². The summed E-state index contributed by atoms with van der Waals surface area (Å²) in [6, 6.07) is 0. The number of imidazole rings is 1. The van der Waals surface area contributed by atoms with E-state index in [0.29, 0.717) is 45.0 Å². The van der Waals surface area contributed by atoms with E-state index < -0.39 is 10.0 Å². The molecule has 5 heterocycles. The van der Waals surface area contributed by atoms with Gasteiger partial charge in [0.05, 0.1) is 37.4 Å². The van der Waals surface area contributed by atoms with E-state index in [4.69, 9.17) is 20.4 Å². The van der Waals surface area contributed by atoms with Gasteiger partial charge in [-0.1, -0.05) is 0 Å². The summed E-state index contributed by atoms with van der Waals surface area (Å²) in [5.41, 5.74) is 9.56. The van der Waals surface area contributed by atoms with Crippen molar-refractivity contribution in [1.82, 2.24) is 28.6 Å². The molecule has 0 bridgehead atoms. The highest BCUT2D eigenvalue weighted by molar-refractivity contribution is 7.88. The Morgan fingerprint density at radius 3 is 2.53 bits per heavy atom. The van der Waals surface area contributed by atoms with Gasteiger partial charge in [0, 0.05) is 55.9 Å². The van der Waals surface area contributed by atoms with Crippen molar-refractivity contribution >= 4 is 27.4 Å². The van der Waals surface area contributed by atoms with Crippen LogP contribution in [0.15, 0.2) is 18.6 Å². The average Bonchev–Trinajstić information content (AvgIpc) is 3.11. The van der Waals surface area contributed by atoms with E-state index in [1.165, 1.54) is 10.6 Å². The molecule has 0 amide bonds. The van der Waals surface area contributed by atoms with E-state index in [2.05, 4.69) is 14.9 Å². The summed E-state index contributed by atoms with van der Waals surface area (Å²) >= 11 is 0. The molecule has 0 aliphatic carbocycles. The number of rotatable bonds is 3. The zero-order valence-corrected chi connectivity index (χ0v) is 17.3. The Labute approximate surface area is 173 Å². The van der Waals surface area contributed by atoms with E-state index in [1.807, 2.05) is 10.6 Å². The summed E-state index contributed by atoms with van der Waals surface area (Å²) in [5.74, 6) is 0.946. The van der Waals surface area contributed by atoms with E-state index in [0.717, 1.165) is 28.4 Å². The van der Waals surface area contributed by atoms with Crippen molar-refractivity contribution in [3.05, 3.63) is 30.0 Å². The number of fused-ring (bicyclic) bond motifs is 3. The molecule has 3 aromatic heterocycles. The molecule has 0 radical (unpaired) electrons. The van der Waals surface area contributed by atoms with Gasteiger partial charge in [-0.15, -0.1) is 0 Å². The second-order valence-corrected chi connectivity index (χ2v) is 9.41. The Bertz CT molecular complexity index is 1200. The number of anilines is 2. The first-order chi connectivity index (χ1) is 14.4. The van der Waals surface area contributed by atoms with Gasteiger partial charge in [-0.2, -0.15) is 4.31 Å². The van der Waals surface area contributed by atoms with Gasteiger partial charge in [0.1, 0.15) is 0 Å². The monoisotopic (exact) mass is 430 g/mol. The van der Waals surface area contributed by atoms with E-state index in [-0.39, 0.29) is 12.5 Å². The normalized spacial score (nSPS) is 18.0. The van der Waals surface area contributed by atoms with Crippen LogP contribution in [0, 0.1) is 0 Å². The molecule has 0 saturated carbocycles. The molecule has 11 nitrogen and oxygen atoms in total. The topological polar surface area (TPSA) is 132 Å². The smallest absolute Gasteiger partial charge is 0.219 e. The highest BCUT2D eigenvalue weighted by Crippen LogP contribution is 2.30. The second-order valence-electron chi connectivity index (χ2n) is 7.42. The number of hydrogen-bond donors (Lipinski definition) is 1. The van der Waals surface area contributed by atoms with Gasteiger partial charge < -0.3 is 15.4 Å². The molecule has 0 atom stereocenters. The van der Waals surface area contributed by atoms with Crippen LogP contribution < -0.4 is 10.6 Å². The molecule has 0 spiro atoms. The van der Waals surface area contributed by atoms with Gasteiger partial charge in [0.15, 0.2) is 11.5 Å². The fraction of sp³-hybridized carbons (Fsp3) is 0.444.